The second kappa shape index (κ2) is 8.32. The monoisotopic (exact) mass is 316 g/mol. The van der Waals surface area contributed by atoms with Gasteiger partial charge in [-0.1, -0.05) is 19.1 Å². The van der Waals surface area contributed by atoms with Crippen molar-refractivity contribution < 1.29 is 13.9 Å². The first kappa shape index (κ1) is 17.9. The maximum atomic E-state index is 12.9. The maximum absolute atomic E-state index is 12.9. The first-order valence-electron chi connectivity index (χ1n) is 6.92. The number of halogens is 2. The molecule has 0 aliphatic carbocycles. The third-order valence-electron chi connectivity index (χ3n) is 3.55. The first-order chi connectivity index (χ1) is 9.61. The summed E-state index contributed by atoms with van der Waals surface area (Å²) in [6.07, 6.45) is -0.171. The Bertz CT molecular complexity index is 455. The Morgan fingerprint density at radius 1 is 1.48 bits per heavy atom. The number of nitrogens with zero attached hydrogens (tertiary/aromatic N) is 1. The van der Waals surface area contributed by atoms with E-state index < -0.39 is 0 Å². The molecule has 0 aromatic heterocycles. The summed E-state index contributed by atoms with van der Waals surface area (Å²) < 4.78 is 18.6. The number of hydrogen-bond donors (Lipinski definition) is 1. The predicted molar refractivity (Wildman–Crippen MR) is 82.0 cm³/mol. The second-order valence-electron chi connectivity index (χ2n) is 5.15. The van der Waals surface area contributed by atoms with Gasteiger partial charge in [0.05, 0.1) is 13.2 Å². The van der Waals surface area contributed by atoms with E-state index in [0.29, 0.717) is 26.2 Å². The van der Waals surface area contributed by atoms with E-state index in [9.17, 15) is 9.18 Å². The van der Waals surface area contributed by atoms with Crippen LogP contribution in [0.3, 0.4) is 0 Å². The Morgan fingerprint density at radius 3 is 2.76 bits per heavy atom. The summed E-state index contributed by atoms with van der Waals surface area (Å²) in [6.45, 7) is 4.24. The normalized spacial score (nSPS) is 19.8. The van der Waals surface area contributed by atoms with Crippen LogP contribution in [-0.4, -0.2) is 44.1 Å². The van der Waals surface area contributed by atoms with Crippen LogP contribution in [0.15, 0.2) is 24.3 Å². The average Bonchev–Trinajstić information content (AvgIpc) is 2.47. The predicted octanol–water partition coefficient (Wildman–Crippen LogP) is 2.00. The molecule has 1 heterocycles. The van der Waals surface area contributed by atoms with Gasteiger partial charge < -0.3 is 15.0 Å². The highest BCUT2D eigenvalue weighted by Crippen LogP contribution is 2.23. The molecule has 0 radical (unpaired) electrons. The van der Waals surface area contributed by atoms with Gasteiger partial charge in [0.2, 0.25) is 5.91 Å². The minimum atomic E-state index is -0.264. The first-order valence-corrected chi connectivity index (χ1v) is 6.92. The molecule has 1 aliphatic rings. The SMILES string of the molecule is CNCC(C)C(=O)N1CCOC(c2ccc(F)cc2)C1.Cl. The number of benzene rings is 1. The van der Waals surface area contributed by atoms with E-state index in [1.807, 2.05) is 18.9 Å². The van der Waals surface area contributed by atoms with Gasteiger partial charge >= 0.3 is 0 Å². The third-order valence-corrected chi connectivity index (χ3v) is 3.55. The van der Waals surface area contributed by atoms with Crippen LogP contribution in [-0.2, 0) is 9.53 Å². The molecule has 1 N–H and O–H groups in total. The number of carbonyl (C=O) groups is 1. The molecule has 2 atom stereocenters. The van der Waals surface area contributed by atoms with E-state index in [-0.39, 0.29) is 36.2 Å². The average molecular weight is 317 g/mol. The van der Waals surface area contributed by atoms with Gasteiger partial charge in [-0.05, 0) is 24.7 Å². The Balaban J connectivity index is 0.00000220. The van der Waals surface area contributed by atoms with Crippen LogP contribution < -0.4 is 5.32 Å². The Kier molecular flexibility index (Phi) is 7.08. The molecule has 2 rings (SSSR count). The van der Waals surface area contributed by atoms with Crippen molar-refractivity contribution in [3.05, 3.63) is 35.6 Å². The quantitative estimate of drug-likeness (QED) is 0.924. The second-order valence-corrected chi connectivity index (χ2v) is 5.15. The summed E-state index contributed by atoms with van der Waals surface area (Å²) in [5.41, 5.74) is 0.908. The van der Waals surface area contributed by atoms with Crippen molar-refractivity contribution in [3.8, 4) is 0 Å². The van der Waals surface area contributed by atoms with E-state index in [0.717, 1.165) is 5.56 Å². The van der Waals surface area contributed by atoms with Gasteiger partial charge in [0.15, 0.2) is 0 Å². The zero-order valence-electron chi connectivity index (χ0n) is 12.3. The zero-order valence-corrected chi connectivity index (χ0v) is 13.2. The summed E-state index contributed by atoms with van der Waals surface area (Å²) >= 11 is 0. The van der Waals surface area contributed by atoms with Crippen molar-refractivity contribution in [2.24, 2.45) is 5.92 Å². The molecule has 1 amide bonds. The molecule has 1 aromatic rings. The highest BCUT2D eigenvalue weighted by Gasteiger charge is 2.27. The van der Waals surface area contributed by atoms with E-state index in [1.165, 1.54) is 12.1 Å². The summed E-state index contributed by atoms with van der Waals surface area (Å²) in [4.78, 5) is 14.1. The number of hydrogen-bond acceptors (Lipinski definition) is 3. The van der Waals surface area contributed by atoms with Crippen LogP contribution in [0.1, 0.15) is 18.6 Å². The lowest BCUT2D eigenvalue weighted by molar-refractivity contribution is -0.142. The van der Waals surface area contributed by atoms with Gasteiger partial charge in [0.1, 0.15) is 11.9 Å². The van der Waals surface area contributed by atoms with E-state index in [2.05, 4.69) is 5.32 Å². The fourth-order valence-electron chi connectivity index (χ4n) is 2.43. The van der Waals surface area contributed by atoms with Gasteiger partial charge in [-0.25, -0.2) is 4.39 Å². The molecule has 0 spiro atoms. The molecule has 2 unspecified atom stereocenters. The molecule has 0 saturated carbocycles. The molecule has 1 aromatic carbocycles. The maximum Gasteiger partial charge on any atom is 0.226 e. The zero-order chi connectivity index (χ0) is 14.5. The summed E-state index contributed by atoms with van der Waals surface area (Å²) in [5, 5.41) is 3.02. The van der Waals surface area contributed by atoms with Crippen LogP contribution in [0.25, 0.3) is 0 Å². The fraction of sp³-hybridized carbons (Fsp3) is 0.533. The van der Waals surface area contributed by atoms with Gasteiger partial charge in [-0.2, -0.15) is 0 Å². The lowest BCUT2D eigenvalue weighted by atomic mass is 10.1. The number of amides is 1. The summed E-state index contributed by atoms with van der Waals surface area (Å²) in [7, 11) is 1.84. The summed E-state index contributed by atoms with van der Waals surface area (Å²) in [5.74, 6) is -0.179. The number of nitrogens with one attached hydrogen (secondary N) is 1. The van der Waals surface area contributed by atoms with Crippen molar-refractivity contribution in [1.29, 1.82) is 0 Å². The fourth-order valence-corrected chi connectivity index (χ4v) is 2.43. The van der Waals surface area contributed by atoms with Crippen LogP contribution >= 0.6 is 12.4 Å². The molecule has 6 heteroatoms. The Hall–Kier alpha value is -1.17. The highest BCUT2D eigenvalue weighted by atomic mass is 35.5. The van der Waals surface area contributed by atoms with Crippen LogP contribution in [0.2, 0.25) is 0 Å². The van der Waals surface area contributed by atoms with E-state index in [4.69, 9.17) is 4.74 Å². The molecule has 1 saturated heterocycles. The molecule has 1 aliphatic heterocycles. The molecule has 1 fully saturated rings. The van der Waals surface area contributed by atoms with Gasteiger partial charge in [-0.3, -0.25) is 4.79 Å². The molecular formula is C15H22ClFN2O2. The van der Waals surface area contributed by atoms with Crippen molar-refractivity contribution in [2.75, 3.05) is 33.3 Å². The standard InChI is InChI=1S/C15H21FN2O2.ClH/c1-11(9-17-2)15(19)18-7-8-20-14(10-18)12-3-5-13(16)6-4-12;/h3-6,11,14,17H,7-10H2,1-2H3;1H. The van der Waals surface area contributed by atoms with Crippen LogP contribution in [0, 0.1) is 11.7 Å². The van der Waals surface area contributed by atoms with Crippen LogP contribution in [0.4, 0.5) is 4.39 Å². The van der Waals surface area contributed by atoms with Gasteiger partial charge in [-0.15, -0.1) is 12.4 Å². The topological polar surface area (TPSA) is 41.6 Å². The minimum Gasteiger partial charge on any atom is -0.370 e. The minimum absolute atomic E-state index is 0. The van der Waals surface area contributed by atoms with Crippen LogP contribution in [0.5, 0.6) is 0 Å². The molecule has 21 heavy (non-hydrogen) atoms. The largest absolute Gasteiger partial charge is 0.370 e. The van der Waals surface area contributed by atoms with Crippen molar-refractivity contribution in [1.82, 2.24) is 10.2 Å². The van der Waals surface area contributed by atoms with Crippen molar-refractivity contribution >= 4 is 18.3 Å². The van der Waals surface area contributed by atoms with Crippen molar-refractivity contribution in [2.45, 2.75) is 13.0 Å². The molecule has 4 nitrogen and oxygen atoms in total. The number of ether oxygens (including phenoxy) is 1. The Labute approximate surface area is 131 Å². The number of rotatable bonds is 4. The molecule has 0 bridgehead atoms. The number of carbonyl (C=O) groups excluding carboxylic acids is 1. The molecule has 118 valence electrons. The Morgan fingerprint density at radius 2 is 2.14 bits per heavy atom. The summed E-state index contributed by atoms with van der Waals surface area (Å²) in [6, 6.07) is 6.27. The lowest BCUT2D eigenvalue weighted by Crippen LogP contribution is -2.46. The number of morpholine rings is 1. The highest BCUT2D eigenvalue weighted by molar-refractivity contribution is 5.85. The lowest BCUT2D eigenvalue weighted by Gasteiger charge is -2.34. The van der Waals surface area contributed by atoms with Crippen molar-refractivity contribution in [3.63, 3.8) is 0 Å². The van der Waals surface area contributed by atoms with E-state index >= 15 is 0 Å². The van der Waals surface area contributed by atoms with Gasteiger partial charge in [0, 0.05) is 19.0 Å². The van der Waals surface area contributed by atoms with Gasteiger partial charge in [0.25, 0.3) is 0 Å². The third kappa shape index (κ3) is 4.66. The van der Waals surface area contributed by atoms with E-state index in [1.54, 1.807) is 12.1 Å². The molecular weight excluding hydrogens is 295 g/mol. The smallest absolute Gasteiger partial charge is 0.226 e.